The van der Waals surface area contributed by atoms with Gasteiger partial charge in [-0.2, -0.15) is 10.4 Å². The van der Waals surface area contributed by atoms with Crippen LogP contribution in [0.2, 0.25) is 0 Å². The molecule has 10 nitrogen and oxygen atoms in total. The summed E-state index contributed by atoms with van der Waals surface area (Å²) in [6.45, 7) is 0.285. The molecule has 1 atom stereocenters. The van der Waals surface area contributed by atoms with E-state index in [1.54, 1.807) is 24.4 Å². The van der Waals surface area contributed by atoms with Crippen molar-refractivity contribution >= 4 is 35.0 Å². The Morgan fingerprint density at radius 2 is 2.19 bits per heavy atom. The predicted molar refractivity (Wildman–Crippen MR) is 113 cm³/mol. The molecule has 4 rings (SSSR count). The van der Waals surface area contributed by atoms with Gasteiger partial charge < -0.3 is 15.4 Å². The Labute approximate surface area is 176 Å². The summed E-state index contributed by atoms with van der Waals surface area (Å²) in [5.41, 5.74) is 1.01. The fourth-order valence-electron chi connectivity index (χ4n) is 2.97. The largest absolute Gasteiger partial charge is 0.453 e. The number of hydrogen-bond acceptors (Lipinski definition) is 9. The predicted octanol–water partition coefficient (Wildman–Crippen LogP) is 2.74. The van der Waals surface area contributed by atoms with E-state index in [-0.39, 0.29) is 12.2 Å². The average molecular weight is 420 g/mol. The number of pyridine rings is 1. The van der Waals surface area contributed by atoms with E-state index in [1.807, 2.05) is 6.07 Å². The lowest BCUT2D eigenvalue weighted by Crippen LogP contribution is -2.38. The Morgan fingerprint density at radius 3 is 2.94 bits per heavy atom. The van der Waals surface area contributed by atoms with E-state index in [1.165, 1.54) is 30.3 Å². The maximum Gasteiger partial charge on any atom is 0.411 e. The summed E-state index contributed by atoms with van der Waals surface area (Å²) < 4.78 is 18.5. The van der Waals surface area contributed by atoms with Crippen LogP contribution in [0.25, 0.3) is 0 Å². The van der Waals surface area contributed by atoms with Crippen LogP contribution in [0.3, 0.4) is 0 Å². The quantitative estimate of drug-likeness (QED) is 0.694. The molecule has 0 aliphatic carbocycles. The van der Waals surface area contributed by atoms with Crippen LogP contribution in [0.1, 0.15) is 0 Å². The van der Waals surface area contributed by atoms with Crippen molar-refractivity contribution in [1.29, 1.82) is 5.26 Å². The first kappa shape index (κ1) is 19.8. The van der Waals surface area contributed by atoms with Crippen molar-refractivity contribution in [2.45, 2.75) is 6.04 Å². The highest BCUT2D eigenvalue weighted by Gasteiger charge is 2.33. The first-order chi connectivity index (χ1) is 15.1. The molecule has 0 saturated heterocycles. The molecular formula is C20H17FN8O2. The molecule has 1 amide bonds. The minimum atomic E-state index is -0.789. The van der Waals surface area contributed by atoms with Gasteiger partial charge in [-0.25, -0.2) is 19.2 Å². The fraction of sp³-hybridized carbons (Fsp3) is 0.150. The number of hydrazone groups is 1. The lowest BCUT2D eigenvalue weighted by atomic mass is 10.2. The Kier molecular flexibility index (Phi) is 5.44. The number of aliphatic imine (C=N–C) groups is 1. The van der Waals surface area contributed by atoms with E-state index in [0.717, 1.165) is 0 Å². The Hall–Kier alpha value is -4.46. The van der Waals surface area contributed by atoms with E-state index in [2.05, 4.69) is 41.8 Å². The zero-order valence-corrected chi connectivity index (χ0v) is 16.3. The third-order valence-corrected chi connectivity index (χ3v) is 4.40. The number of amidine groups is 2. The van der Waals surface area contributed by atoms with Gasteiger partial charge in [0.15, 0.2) is 17.7 Å². The second-order valence-corrected chi connectivity index (χ2v) is 6.47. The molecule has 0 bridgehead atoms. The lowest BCUT2D eigenvalue weighted by Gasteiger charge is -2.25. The highest BCUT2D eigenvalue weighted by molar-refractivity contribution is 6.15. The number of carbonyl (C=O) groups is 1. The number of hydrogen-bond donors (Lipinski definition) is 3. The molecule has 2 aliphatic heterocycles. The van der Waals surface area contributed by atoms with Crippen LogP contribution in [-0.4, -0.2) is 47.5 Å². The summed E-state index contributed by atoms with van der Waals surface area (Å²) in [4.78, 5) is 20.1. The van der Waals surface area contributed by atoms with Gasteiger partial charge in [0.1, 0.15) is 11.6 Å². The number of anilines is 3. The number of aromatic nitrogens is 1. The summed E-state index contributed by atoms with van der Waals surface area (Å²) >= 11 is 0. The molecule has 156 valence electrons. The van der Waals surface area contributed by atoms with Crippen LogP contribution in [0, 0.1) is 17.1 Å². The highest BCUT2D eigenvalue weighted by Crippen LogP contribution is 2.24. The molecule has 31 heavy (non-hydrogen) atoms. The molecule has 11 heteroatoms. The van der Waals surface area contributed by atoms with Crippen LogP contribution in [0.5, 0.6) is 0 Å². The number of halogens is 1. The molecule has 0 saturated carbocycles. The number of fused-ring (bicyclic) bond motifs is 1. The molecule has 0 radical (unpaired) electrons. The number of nitrogens with zero attached hydrogens (tertiary/aromatic N) is 5. The number of methoxy groups -OCH3 is 1. The van der Waals surface area contributed by atoms with Gasteiger partial charge in [0, 0.05) is 18.0 Å². The van der Waals surface area contributed by atoms with Crippen molar-refractivity contribution in [1.82, 2.24) is 9.99 Å². The normalized spacial score (nSPS) is 16.9. The molecule has 3 N–H and O–H groups in total. The maximum absolute atomic E-state index is 14.0. The van der Waals surface area contributed by atoms with Crippen molar-refractivity contribution in [2.24, 2.45) is 10.1 Å². The van der Waals surface area contributed by atoms with Crippen molar-refractivity contribution in [3.63, 3.8) is 0 Å². The van der Waals surface area contributed by atoms with E-state index in [9.17, 15) is 14.4 Å². The fourth-order valence-corrected chi connectivity index (χ4v) is 2.97. The molecule has 1 aromatic carbocycles. The van der Waals surface area contributed by atoms with Gasteiger partial charge >= 0.3 is 6.09 Å². The third kappa shape index (κ3) is 4.27. The molecule has 0 spiro atoms. The second kappa shape index (κ2) is 8.50. The number of amides is 1. The number of nitriles is 1. The molecule has 1 aromatic heterocycles. The second-order valence-electron chi connectivity index (χ2n) is 6.47. The zero-order valence-electron chi connectivity index (χ0n) is 16.3. The van der Waals surface area contributed by atoms with Gasteiger partial charge in [0.2, 0.25) is 0 Å². The van der Waals surface area contributed by atoms with Crippen LogP contribution in [0.4, 0.5) is 26.4 Å². The average Bonchev–Trinajstić information content (AvgIpc) is 3.20. The number of ether oxygens (including phenoxy) is 1. The summed E-state index contributed by atoms with van der Waals surface area (Å²) in [7, 11) is 1.19. The third-order valence-electron chi connectivity index (χ3n) is 4.40. The number of benzene rings is 1. The van der Waals surface area contributed by atoms with Crippen molar-refractivity contribution < 1.29 is 13.9 Å². The SMILES string of the molecule is COC(=O)Nc1cc(NC2=NN3C(=NCC3C#N)C(Nc3ccccn3)=C2)ccc1F. The van der Waals surface area contributed by atoms with E-state index < -0.39 is 18.0 Å². The van der Waals surface area contributed by atoms with Gasteiger partial charge in [-0.3, -0.25) is 10.3 Å². The molecule has 0 fully saturated rings. The number of nitrogens with one attached hydrogen (secondary N) is 3. The summed E-state index contributed by atoms with van der Waals surface area (Å²) in [6.07, 6.45) is 2.57. The van der Waals surface area contributed by atoms with Gasteiger partial charge in [-0.05, 0) is 30.3 Å². The number of rotatable bonds is 4. The number of carbonyl (C=O) groups excluding carboxylic acids is 1. The first-order valence-corrected chi connectivity index (χ1v) is 9.21. The minimum Gasteiger partial charge on any atom is -0.453 e. The Balaban J connectivity index is 1.62. The van der Waals surface area contributed by atoms with E-state index >= 15 is 0 Å². The molecule has 2 aliphatic rings. The van der Waals surface area contributed by atoms with Crippen LogP contribution in [-0.2, 0) is 4.74 Å². The van der Waals surface area contributed by atoms with Gasteiger partial charge in [0.05, 0.1) is 31.1 Å². The molecule has 3 heterocycles. The molecule has 2 aromatic rings. The Bertz CT molecular complexity index is 1140. The van der Waals surface area contributed by atoms with Gasteiger partial charge in [-0.15, -0.1) is 0 Å². The lowest BCUT2D eigenvalue weighted by molar-refractivity contribution is 0.187. The smallest absolute Gasteiger partial charge is 0.411 e. The standard InChI is InChI=1S/C20H17FN8O2/c1-31-20(30)27-15-8-12(5-6-14(15)21)25-18-9-16(26-17-4-2-3-7-23-17)19-24-11-13(10-22)29(19)28-18/h2-9,13H,11H2,1H3,(H,23,26)(H,25,28)(H,27,30). The van der Waals surface area contributed by atoms with E-state index in [0.29, 0.717) is 28.9 Å². The molecular weight excluding hydrogens is 403 g/mol. The topological polar surface area (TPSA) is 127 Å². The van der Waals surface area contributed by atoms with Gasteiger partial charge in [0.25, 0.3) is 0 Å². The maximum atomic E-state index is 14.0. The first-order valence-electron chi connectivity index (χ1n) is 9.21. The van der Waals surface area contributed by atoms with Crippen LogP contribution in [0.15, 0.2) is 64.5 Å². The van der Waals surface area contributed by atoms with Crippen molar-refractivity contribution in [2.75, 3.05) is 29.6 Å². The van der Waals surface area contributed by atoms with Crippen LogP contribution < -0.4 is 16.0 Å². The van der Waals surface area contributed by atoms with E-state index in [4.69, 9.17) is 0 Å². The zero-order chi connectivity index (χ0) is 21.8. The highest BCUT2D eigenvalue weighted by atomic mass is 19.1. The summed E-state index contributed by atoms with van der Waals surface area (Å²) in [6, 6.07) is 11.2. The van der Waals surface area contributed by atoms with Crippen molar-refractivity contribution in [3.8, 4) is 6.07 Å². The minimum absolute atomic E-state index is 0.0533. The Morgan fingerprint density at radius 1 is 1.32 bits per heavy atom. The summed E-state index contributed by atoms with van der Waals surface area (Å²) in [5.74, 6) is 0.891. The van der Waals surface area contributed by atoms with Gasteiger partial charge in [-0.1, -0.05) is 6.07 Å². The monoisotopic (exact) mass is 420 g/mol. The molecule has 1 unspecified atom stereocenters. The summed E-state index contributed by atoms with van der Waals surface area (Å²) in [5, 5.41) is 24.0. The van der Waals surface area contributed by atoms with Crippen molar-refractivity contribution in [3.05, 3.63) is 60.2 Å². The van der Waals surface area contributed by atoms with Crippen LogP contribution >= 0.6 is 0 Å².